The molecule has 0 saturated heterocycles. The van der Waals surface area contributed by atoms with Gasteiger partial charge in [-0.15, -0.1) is 0 Å². The average Bonchev–Trinajstić information content (AvgIpc) is 3.39. The highest BCUT2D eigenvalue weighted by atomic mass is 16.5. The molecule has 0 aromatic rings. The number of unbranched alkanes of at least 4 members (excludes halogenated alkanes) is 53. The number of esters is 1. The summed E-state index contributed by atoms with van der Waals surface area (Å²) in [6, 6.07) is -0.538. The fourth-order valence-electron chi connectivity index (χ4n) is 11.0. The molecule has 0 heterocycles. The Morgan fingerprint density at radius 2 is 0.562 bits per heavy atom. The lowest BCUT2D eigenvalue weighted by Gasteiger charge is -2.22. The second-order valence-electron chi connectivity index (χ2n) is 23.5. The second-order valence-corrected chi connectivity index (χ2v) is 23.5. The summed E-state index contributed by atoms with van der Waals surface area (Å²) in [4.78, 5) is 24.6. The van der Waals surface area contributed by atoms with Crippen molar-refractivity contribution in [3.8, 4) is 0 Å². The molecule has 6 nitrogen and oxygen atoms in total. The molecule has 0 rings (SSSR count). The molecular weight excluding hydrogens is 899 g/mol. The third-order valence-electron chi connectivity index (χ3n) is 16.2. The highest BCUT2D eigenvalue weighted by Gasteiger charge is 2.20. The summed E-state index contributed by atoms with van der Waals surface area (Å²) in [6.07, 6.45) is 75.7. The van der Waals surface area contributed by atoms with E-state index in [4.69, 9.17) is 4.74 Å². The van der Waals surface area contributed by atoms with Gasteiger partial charge in [0.15, 0.2) is 0 Å². The van der Waals surface area contributed by atoms with Crippen LogP contribution in [0, 0.1) is 0 Å². The van der Waals surface area contributed by atoms with Crippen molar-refractivity contribution in [1.82, 2.24) is 5.32 Å². The van der Waals surface area contributed by atoms with E-state index in [1.54, 1.807) is 0 Å². The Morgan fingerprint density at radius 3 is 0.836 bits per heavy atom. The number of aliphatic hydroxyl groups is 2. The van der Waals surface area contributed by atoms with Gasteiger partial charge in [-0.05, 0) is 25.7 Å². The number of aliphatic hydroxyl groups excluding tert-OH is 2. The number of carbonyl (C=O) groups is 2. The predicted molar refractivity (Wildman–Crippen MR) is 320 cm³/mol. The van der Waals surface area contributed by atoms with Crippen molar-refractivity contribution in [3.05, 3.63) is 0 Å². The van der Waals surface area contributed by atoms with E-state index >= 15 is 0 Å². The molecule has 0 aromatic carbocycles. The van der Waals surface area contributed by atoms with Crippen molar-refractivity contribution < 1.29 is 24.5 Å². The van der Waals surface area contributed by atoms with E-state index in [0.717, 1.165) is 38.5 Å². The molecule has 0 aliphatic heterocycles. The van der Waals surface area contributed by atoms with Crippen LogP contribution in [-0.2, 0) is 14.3 Å². The number of ether oxygens (including phenoxy) is 1. The third kappa shape index (κ3) is 60.0. The molecular formula is C67H133NO5. The molecule has 0 radical (unpaired) electrons. The van der Waals surface area contributed by atoms with Crippen molar-refractivity contribution >= 4 is 11.9 Å². The van der Waals surface area contributed by atoms with Crippen molar-refractivity contribution in [1.29, 1.82) is 0 Å². The Labute approximate surface area is 457 Å². The highest BCUT2D eigenvalue weighted by Crippen LogP contribution is 2.19. The number of hydrogen-bond acceptors (Lipinski definition) is 5. The lowest BCUT2D eigenvalue weighted by atomic mass is 10.0. The summed E-state index contributed by atoms with van der Waals surface area (Å²) < 4.78 is 5.50. The summed E-state index contributed by atoms with van der Waals surface area (Å²) in [5.74, 6) is -0.00767. The SMILES string of the molecule is CCCCCCCCCCCCCCCCCCC(=O)OCCCCCCCCCCCCCCCCCCCCCCCCCCCCC(=O)NC(CO)C(O)CCCCCCCCCCCCCCCC. The normalized spacial score (nSPS) is 12.4. The molecule has 0 aromatic heterocycles. The Morgan fingerprint density at radius 1 is 0.329 bits per heavy atom. The summed E-state index contributed by atoms with van der Waals surface area (Å²) in [5, 5.41) is 23.3. The summed E-state index contributed by atoms with van der Waals surface area (Å²) >= 11 is 0. The number of rotatable bonds is 64. The van der Waals surface area contributed by atoms with Gasteiger partial charge in [0.05, 0.1) is 25.4 Å². The van der Waals surface area contributed by atoms with Gasteiger partial charge < -0.3 is 20.3 Å². The second kappa shape index (κ2) is 63.4. The van der Waals surface area contributed by atoms with Gasteiger partial charge in [0.1, 0.15) is 0 Å². The predicted octanol–water partition coefficient (Wildman–Crippen LogP) is 21.4. The largest absolute Gasteiger partial charge is 0.466 e. The van der Waals surface area contributed by atoms with Crippen LogP contribution in [0.3, 0.4) is 0 Å². The average molecular weight is 1030 g/mol. The Balaban J connectivity index is 3.32. The summed E-state index contributed by atoms with van der Waals surface area (Å²) in [5.41, 5.74) is 0. The van der Waals surface area contributed by atoms with E-state index in [-0.39, 0.29) is 18.5 Å². The van der Waals surface area contributed by atoms with Crippen LogP contribution < -0.4 is 5.32 Å². The Hall–Kier alpha value is -1.14. The lowest BCUT2D eigenvalue weighted by Crippen LogP contribution is -2.45. The molecule has 0 fully saturated rings. The van der Waals surface area contributed by atoms with Crippen LogP contribution in [0.5, 0.6) is 0 Å². The monoisotopic (exact) mass is 1030 g/mol. The molecule has 436 valence electrons. The van der Waals surface area contributed by atoms with Gasteiger partial charge >= 0.3 is 5.97 Å². The first-order valence-electron chi connectivity index (χ1n) is 33.8. The van der Waals surface area contributed by atoms with Crippen LogP contribution in [-0.4, -0.2) is 47.4 Å². The van der Waals surface area contributed by atoms with E-state index in [1.807, 2.05) is 0 Å². The standard InChI is InChI=1S/C67H133NO5/c1-3-5-7-9-11-13-15-17-19-33-37-41-45-49-53-57-61-67(72)73-62-58-54-50-46-42-38-34-31-29-27-25-23-21-20-22-24-26-28-30-32-36-40-44-48-52-56-60-66(71)68-64(63-69)65(70)59-55-51-47-43-39-35-18-16-14-12-10-8-6-4-2/h64-65,69-70H,3-63H2,1-2H3,(H,68,71). The zero-order valence-electron chi connectivity index (χ0n) is 49.9. The Kier molecular flexibility index (Phi) is 62.4. The van der Waals surface area contributed by atoms with Crippen LogP contribution in [0.25, 0.3) is 0 Å². The van der Waals surface area contributed by atoms with Gasteiger partial charge in [-0.25, -0.2) is 0 Å². The minimum atomic E-state index is -0.661. The van der Waals surface area contributed by atoms with Crippen LogP contribution in [0.15, 0.2) is 0 Å². The first-order valence-corrected chi connectivity index (χ1v) is 33.8. The molecule has 3 N–H and O–H groups in total. The fraction of sp³-hybridized carbons (Fsp3) is 0.970. The van der Waals surface area contributed by atoms with Crippen molar-refractivity contribution in [2.45, 2.75) is 405 Å². The smallest absolute Gasteiger partial charge is 0.305 e. The third-order valence-corrected chi connectivity index (χ3v) is 16.2. The molecule has 0 aliphatic carbocycles. The van der Waals surface area contributed by atoms with E-state index in [0.29, 0.717) is 25.9 Å². The molecule has 6 heteroatoms. The summed E-state index contributed by atoms with van der Waals surface area (Å²) in [6.45, 7) is 5.00. The molecule has 0 bridgehead atoms. The van der Waals surface area contributed by atoms with Gasteiger partial charge in [0.2, 0.25) is 5.91 Å². The van der Waals surface area contributed by atoms with Crippen LogP contribution >= 0.6 is 0 Å². The van der Waals surface area contributed by atoms with E-state index < -0.39 is 12.1 Å². The molecule has 0 saturated carbocycles. The minimum Gasteiger partial charge on any atom is -0.466 e. The molecule has 73 heavy (non-hydrogen) atoms. The van der Waals surface area contributed by atoms with Crippen LogP contribution in [0.2, 0.25) is 0 Å². The van der Waals surface area contributed by atoms with Crippen molar-refractivity contribution in [2.75, 3.05) is 13.2 Å². The quantitative estimate of drug-likeness (QED) is 0.0417. The molecule has 2 atom stereocenters. The number of nitrogens with one attached hydrogen (secondary N) is 1. The maximum Gasteiger partial charge on any atom is 0.305 e. The van der Waals surface area contributed by atoms with Crippen LogP contribution in [0.1, 0.15) is 393 Å². The van der Waals surface area contributed by atoms with Gasteiger partial charge in [-0.3, -0.25) is 9.59 Å². The minimum absolute atomic E-state index is 0.0219. The van der Waals surface area contributed by atoms with Gasteiger partial charge in [0.25, 0.3) is 0 Å². The number of amides is 1. The molecule has 0 aliphatic rings. The number of hydrogen-bond donors (Lipinski definition) is 3. The first-order chi connectivity index (χ1) is 36.0. The van der Waals surface area contributed by atoms with Crippen molar-refractivity contribution in [3.63, 3.8) is 0 Å². The van der Waals surface area contributed by atoms with E-state index in [2.05, 4.69) is 19.2 Å². The van der Waals surface area contributed by atoms with E-state index in [1.165, 1.54) is 321 Å². The van der Waals surface area contributed by atoms with Crippen LogP contribution in [0.4, 0.5) is 0 Å². The fourth-order valence-corrected chi connectivity index (χ4v) is 11.0. The zero-order chi connectivity index (χ0) is 52.9. The van der Waals surface area contributed by atoms with E-state index in [9.17, 15) is 19.8 Å². The molecule has 0 spiro atoms. The topological polar surface area (TPSA) is 95.9 Å². The maximum atomic E-state index is 12.5. The van der Waals surface area contributed by atoms with Gasteiger partial charge in [-0.2, -0.15) is 0 Å². The van der Waals surface area contributed by atoms with Gasteiger partial charge in [-0.1, -0.05) is 354 Å². The molecule has 1 amide bonds. The summed E-state index contributed by atoms with van der Waals surface area (Å²) in [7, 11) is 0. The molecule has 2 unspecified atom stereocenters. The zero-order valence-corrected chi connectivity index (χ0v) is 49.9. The highest BCUT2D eigenvalue weighted by molar-refractivity contribution is 5.76. The maximum absolute atomic E-state index is 12.5. The number of carbonyl (C=O) groups excluding carboxylic acids is 2. The first kappa shape index (κ1) is 71.9. The van der Waals surface area contributed by atoms with Crippen molar-refractivity contribution in [2.24, 2.45) is 0 Å². The van der Waals surface area contributed by atoms with Gasteiger partial charge in [0, 0.05) is 12.8 Å². The lowest BCUT2D eigenvalue weighted by molar-refractivity contribution is -0.143. The Bertz CT molecular complexity index is 1050.